The maximum Gasteiger partial charge on any atom is 0.147 e. The first-order chi connectivity index (χ1) is 6.68. The largest absolute Gasteiger partial charge is 0.328 e. The Balaban J connectivity index is 3.11. The Kier molecular flexibility index (Phi) is 3.35. The molecule has 0 amide bonds. The maximum atomic E-state index is 11.0. The van der Waals surface area contributed by atoms with Crippen LogP contribution in [0.2, 0.25) is 0 Å². The number of hydrazine groups is 1. The number of nitrogens with two attached hydrogens (primary N) is 2. The predicted molar refractivity (Wildman–Crippen MR) is 55.3 cm³/mol. The van der Waals surface area contributed by atoms with Gasteiger partial charge in [0.2, 0.25) is 0 Å². The van der Waals surface area contributed by atoms with Crippen LogP contribution in [-0.2, 0) is 10.3 Å². The van der Waals surface area contributed by atoms with E-state index in [0.29, 0.717) is 0 Å². The number of aldehydes is 1. The number of hydrogen-bond donors (Lipinski definition) is 3. The molecular weight excluding hydrogens is 178 g/mol. The van der Waals surface area contributed by atoms with Crippen LogP contribution >= 0.6 is 0 Å². The summed E-state index contributed by atoms with van der Waals surface area (Å²) >= 11 is 0. The molecule has 0 saturated heterocycles. The molecule has 1 atom stereocenters. The highest BCUT2D eigenvalue weighted by atomic mass is 16.1. The highest BCUT2D eigenvalue weighted by Crippen LogP contribution is 2.17. The third-order valence-corrected chi connectivity index (χ3v) is 2.35. The molecule has 0 aromatic heterocycles. The second-order valence-electron chi connectivity index (χ2n) is 3.30. The van der Waals surface area contributed by atoms with E-state index >= 15 is 0 Å². The molecule has 0 saturated carbocycles. The summed E-state index contributed by atoms with van der Waals surface area (Å²) in [6.07, 6.45) is 0.734. The summed E-state index contributed by atoms with van der Waals surface area (Å²) in [6, 6.07) is 7.52. The van der Waals surface area contributed by atoms with Gasteiger partial charge in [-0.1, -0.05) is 29.8 Å². The first kappa shape index (κ1) is 10.8. The van der Waals surface area contributed by atoms with Gasteiger partial charge in [0.05, 0.1) is 0 Å². The highest BCUT2D eigenvalue weighted by Gasteiger charge is 2.28. The first-order valence-corrected chi connectivity index (χ1v) is 4.40. The molecule has 0 bridgehead atoms. The van der Waals surface area contributed by atoms with E-state index in [1.807, 2.05) is 31.2 Å². The second-order valence-corrected chi connectivity index (χ2v) is 3.30. The van der Waals surface area contributed by atoms with Crippen molar-refractivity contribution in [2.75, 3.05) is 6.54 Å². The minimum Gasteiger partial charge on any atom is -0.328 e. The van der Waals surface area contributed by atoms with Gasteiger partial charge in [-0.3, -0.25) is 5.84 Å². The molecule has 0 aliphatic carbocycles. The van der Waals surface area contributed by atoms with Gasteiger partial charge in [-0.15, -0.1) is 0 Å². The molecule has 1 aromatic carbocycles. The Hall–Kier alpha value is -1.23. The SMILES string of the molecule is Cc1ccc(C(C=O)(CN)NN)cc1. The lowest BCUT2D eigenvalue weighted by atomic mass is 9.92. The molecule has 4 heteroatoms. The molecule has 76 valence electrons. The van der Waals surface area contributed by atoms with Crippen molar-refractivity contribution in [2.45, 2.75) is 12.5 Å². The highest BCUT2D eigenvalue weighted by molar-refractivity contribution is 5.68. The number of carbonyl (C=O) groups excluding carboxylic acids is 1. The van der Waals surface area contributed by atoms with Crippen LogP contribution in [0, 0.1) is 6.92 Å². The Labute approximate surface area is 83.3 Å². The van der Waals surface area contributed by atoms with Gasteiger partial charge in [-0.2, -0.15) is 0 Å². The number of carbonyl (C=O) groups is 1. The molecule has 1 aromatic rings. The zero-order chi connectivity index (χ0) is 10.6. The standard InChI is InChI=1S/C10H15N3O/c1-8-2-4-9(5-3-8)10(6-11,7-14)13-12/h2-5,7,13H,6,11-12H2,1H3. The van der Waals surface area contributed by atoms with E-state index in [9.17, 15) is 4.79 Å². The molecule has 0 radical (unpaired) electrons. The van der Waals surface area contributed by atoms with E-state index in [1.165, 1.54) is 0 Å². The summed E-state index contributed by atoms with van der Waals surface area (Å²) in [5.74, 6) is 5.34. The fourth-order valence-electron chi connectivity index (χ4n) is 1.26. The lowest BCUT2D eigenvalue weighted by molar-refractivity contribution is -0.113. The van der Waals surface area contributed by atoms with Crippen LogP contribution < -0.4 is 17.0 Å². The molecule has 1 rings (SSSR count). The number of nitrogens with one attached hydrogen (secondary N) is 1. The average Bonchev–Trinajstić information content (AvgIpc) is 2.24. The van der Waals surface area contributed by atoms with Crippen LogP contribution in [0.5, 0.6) is 0 Å². The topological polar surface area (TPSA) is 81.1 Å². The summed E-state index contributed by atoms with van der Waals surface area (Å²) in [7, 11) is 0. The summed E-state index contributed by atoms with van der Waals surface area (Å²) < 4.78 is 0. The Morgan fingerprint density at radius 1 is 1.43 bits per heavy atom. The van der Waals surface area contributed by atoms with Crippen molar-refractivity contribution in [1.29, 1.82) is 0 Å². The Bertz CT molecular complexity index is 304. The second kappa shape index (κ2) is 4.32. The fourth-order valence-corrected chi connectivity index (χ4v) is 1.26. The van der Waals surface area contributed by atoms with Crippen molar-refractivity contribution in [3.8, 4) is 0 Å². The fraction of sp³-hybridized carbons (Fsp3) is 0.300. The number of benzene rings is 1. The lowest BCUT2D eigenvalue weighted by Crippen LogP contribution is -2.53. The van der Waals surface area contributed by atoms with E-state index in [0.717, 1.165) is 17.4 Å². The van der Waals surface area contributed by atoms with E-state index in [-0.39, 0.29) is 6.54 Å². The van der Waals surface area contributed by atoms with E-state index in [4.69, 9.17) is 11.6 Å². The van der Waals surface area contributed by atoms with Crippen molar-refractivity contribution >= 4 is 6.29 Å². The van der Waals surface area contributed by atoms with Crippen molar-refractivity contribution in [2.24, 2.45) is 11.6 Å². The molecule has 4 nitrogen and oxygen atoms in total. The Morgan fingerprint density at radius 2 is 2.00 bits per heavy atom. The maximum absolute atomic E-state index is 11.0. The van der Waals surface area contributed by atoms with Gasteiger partial charge in [0.15, 0.2) is 0 Å². The van der Waals surface area contributed by atoms with Crippen molar-refractivity contribution in [3.63, 3.8) is 0 Å². The van der Waals surface area contributed by atoms with Crippen LogP contribution in [0.25, 0.3) is 0 Å². The van der Waals surface area contributed by atoms with E-state index < -0.39 is 5.54 Å². The molecule has 14 heavy (non-hydrogen) atoms. The molecular formula is C10H15N3O. The molecule has 5 N–H and O–H groups in total. The summed E-state index contributed by atoms with van der Waals surface area (Å²) in [4.78, 5) is 11.0. The molecule has 0 heterocycles. The van der Waals surface area contributed by atoms with Crippen LogP contribution in [-0.4, -0.2) is 12.8 Å². The third kappa shape index (κ3) is 1.82. The van der Waals surface area contributed by atoms with Crippen molar-refractivity contribution in [3.05, 3.63) is 35.4 Å². The summed E-state index contributed by atoms with van der Waals surface area (Å²) in [6.45, 7) is 2.11. The number of rotatable bonds is 4. The van der Waals surface area contributed by atoms with E-state index in [2.05, 4.69) is 5.43 Å². The van der Waals surface area contributed by atoms with Gasteiger partial charge in [0.1, 0.15) is 11.8 Å². The third-order valence-electron chi connectivity index (χ3n) is 2.35. The molecule has 0 fully saturated rings. The monoisotopic (exact) mass is 193 g/mol. The minimum absolute atomic E-state index is 0.135. The molecule has 0 aliphatic heterocycles. The van der Waals surface area contributed by atoms with Crippen LogP contribution in [0.1, 0.15) is 11.1 Å². The first-order valence-electron chi connectivity index (χ1n) is 4.40. The van der Waals surface area contributed by atoms with Crippen LogP contribution in [0.15, 0.2) is 24.3 Å². The smallest absolute Gasteiger partial charge is 0.147 e. The summed E-state index contributed by atoms with van der Waals surface area (Å²) in [5, 5.41) is 0. The van der Waals surface area contributed by atoms with Crippen molar-refractivity contribution < 1.29 is 4.79 Å². The van der Waals surface area contributed by atoms with Gasteiger partial charge < -0.3 is 10.5 Å². The van der Waals surface area contributed by atoms with Crippen molar-refractivity contribution in [1.82, 2.24) is 5.43 Å². The lowest BCUT2D eigenvalue weighted by Gasteiger charge is -2.25. The van der Waals surface area contributed by atoms with Gasteiger partial charge in [-0.25, -0.2) is 5.43 Å². The van der Waals surface area contributed by atoms with Gasteiger partial charge in [-0.05, 0) is 12.5 Å². The van der Waals surface area contributed by atoms with Crippen LogP contribution in [0.4, 0.5) is 0 Å². The Morgan fingerprint density at radius 3 is 2.36 bits per heavy atom. The molecule has 0 spiro atoms. The minimum atomic E-state index is -0.965. The average molecular weight is 193 g/mol. The molecule has 1 unspecified atom stereocenters. The number of aryl methyl sites for hydroxylation is 1. The molecule has 0 aliphatic rings. The zero-order valence-electron chi connectivity index (χ0n) is 8.16. The van der Waals surface area contributed by atoms with E-state index in [1.54, 1.807) is 0 Å². The van der Waals surface area contributed by atoms with Gasteiger partial charge >= 0.3 is 0 Å². The quantitative estimate of drug-likeness (QED) is 0.352. The van der Waals surface area contributed by atoms with Crippen LogP contribution in [0.3, 0.4) is 0 Å². The zero-order valence-corrected chi connectivity index (χ0v) is 8.16. The predicted octanol–water partition coefficient (Wildman–Crippen LogP) is -0.189. The normalized spacial score (nSPS) is 14.8. The summed E-state index contributed by atoms with van der Waals surface area (Å²) in [5.41, 5.74) is 8.93. The van der Waals surface area contributed by atoms with Gasteiger partial charge in [0, 0.05) is 6.54 Å². The number of hydrogen-bond acceptors (Lipinski definition) is 4. The van der Waals surface area contributed by atoms with Gasteiger partial charge in [0.25, 0.3) is 0 Å².